The van der Waals surface area contributed by atoms with Gasteiger partial charge in [-0.3, -0.25) is 0 Å². The minimum Gasteiger partial charge on any atom is -0.379 e. The molecule has 1 nitrogen and oxygen atoms in total. The summed E-state index contributed by atoms with van der Waals surface area (Å²) >= 11 is 11.7. The van der Waals surface area contributed by atoms with E-state index in [0.29, 0.717) is 22.3 Å². The Bertz CT molecular complexity index is 529. The molecule has 0 aliphatic rings. The van der Waals surface area contributed by atoms with Gasteiger partial charge >= 0.3 is 0 Å². The van der Waals surface area contributed by atoms with Crippen LogP contribution in [-0.4, -0.2) is 0 Å². The molecule has 0 heterocycles. The lowest BCUT2D eigenvalue weighted by molar-refractivity contribution is 0.630. The van der Waals surface area contributed by atoms with Crippen LogP contribution in [0.3, 0.4) is 0 Å². The summed E-state index contributed by atoms with van der Waals surface area (Å²) in [7, 11) is 0. The van der Waals surface area contributed by atoms with E-state index in [4.69, 9.17) is 23.2 Å². The molecule has 2 aromatic carbocycles. The summed E-state index contributed by atoms with van der Waals surface area (Å²) in [6, 6.07) is 11.8. The normalized spacial score (nSPS) is 10.3. The predicted octanol–water partition coefficient (Wildman–Crippen LogP) is 4.74. The summed E-state index contributed by atoms with van der Waals surface area (Å²) < 4.78 is 13.4. The molecule has 4 heteroatoms. The van der Waals surface area contributed by atoms with Crippen LogP contribution in [0.25, 0.3) is 0 Å². The van der Waals surface area contributed by atoms with Crippen molar-refractivity contribution in [3.8, 4) is 0 Å². The Hall–Kier alpha value is -1.25. The van der Waals surface area contributed by atoms with Crippen molar-refractivity contribution in [2.45, 2.75) is 6.54 Å². The van der Waals surface area contributed by atoms with Crippen LogP contribution in [0.15, 0.2) is 42.5 Å². The molecule has 2 aromatic rings. The molecule has 0 aromatic heterocycles. The maximum Gasteiger partial charge on any atom is 0.146 e. The molecule has 0 saturated carbocycles. The van der Waals surface area contributed by atoms with E-state index in [1.54, 1.807) is 12.1 Å². The van der Waals surface area contributed by atoms with Crippen molar-refractivity contribution in [1.82, 2.24) is 0 Å². The molecule has 2 rings (SSSR count). The van der Waals surface area contributed by atoms with E-state index in [0.717, 1.165) is 5.56 Å². The van der Waals surface area contributed by atoms with Crippen LogP contribution in [0.5, 0.6) is 0 Å². The maximum atomic E-state index is 13.4. The monoisotopic (exact) mass is 269 g/mol. The van der Waals surface area contributed by atoms with Crippen molar-refractivity contribution < 1.29 is 4.39 Å². The zero-order valence-electron chi connectivity index (χ0n) is 8.88. The van der Waals surface area contributed by atoms with E-state index in [-0.39, 0.29) is 5.82 Å². The van der Waals surface area contributed by atoms with Gasteiger partial charge in [0.25, 0.3) is 0 Å². The van der Waals surface area contributed by atoms with E-state index < -0.39 is 0 Å². The number of anilines is 1. The Balaban J connectivity index is 2.09. The van der Waals surface area contributed by atoms with Gasteiger partial charge in [-0.15, -0.1) is 0 Å². The van der Waals surface area contributed by atoms with Gasteiger partial charge in [0.1, 0.15) is 5.82 Å². The summed E-state index contributed by atoms with van der Waals surface area (Å²) in [5.74, 6) is -0.323. The molecule has 0 fully saturated rings. The highest BCUT2D eigenvalue weighted by molar-refractivity contribution is 6.31. The molecule has 0 radical (unpaired) electrons. The van der Waals surface area contributed by atoms with Gasteiger partial charge in [0.15, 0.2) is 0 Å². The van der Waals surface area contributed by atoms with E-state index >= 15 is 0 Å². The van der Waals surface area contributed by atoms with E-state index in [2.05, 4.69) is 5.32 Å². The van der Waals surface area contributed by atoms with Crippen LogP contribution in [0.2, 0.25) is 10.0 Å². The Morgan fingerprint density at radius 2 is 1.76 bits per heavy atom. The fourth-order valence-corrected chi connectivity index (χ4v) is 1.86. The second-order valence-corrected chi connectivity index (χ2v) is 4.48. The second-order valence-electron chi connectivity index (χ2n) is 3.61. The SMILES string of the molecule is Fc1ccc(Cl)cc1NCc1cccc(Cl)c1. The first-order valence-corrected chi connectivity index (χ1v) is 5.84. The Labute approximate surface area is 109 Å². The van der Waals surface area contributed by atoms with Crippen molar-refractivity contribution in [1.29, 1.82) is 0 Å². The summed E-state index contributed by atoms with van der Waals surface area (Å²) in [5, 5.41) is 4.14. The molecular weight excluding hydrogens is 260 g/mol. The topological polar surface area (TPSA) is 12.0 Å². The Morgan fingerprint density at radius 3 is 2.53 bits per heavy atom. The highest BCUT2D eigenvalue weighted by atomic mass is 35.5. The molecule has 0 saturated heterocycles. The first-order chi connectivity index (χ1) is 8.15. The summed E-state index contributed by atoms with van der Waals surface area (Å²) in [5.41, 5.74) is 1.37. The Morgan fingerprint density at radius 1 is 1.00 bits per heavy atom. The van der Waals surface area contributed by atoms with E-state index in [1.165, 1.54) is 12.1 Å². The van der Waals surface area contributed by atoms with Gasteiger partial charge in [-0.05, 0) is 35.9 Å². The molecule has 88 valence electrons. The lowest BCUT2D eigenvalue weighted by atomic mass is 10.2. The second kappa shape index (κ2) is 5.39. The average molecular weight is 270 g/mol. The zero-order chi connectivity index (χ0) is 12.3. The molecule has 0 aliphatic carbocycles. The quantitative estimate of drug-likeness (QED) is 0.849. The van der Waals surface area contributed by atoms with Gasteiger partial charge in [0.2, 0.25) is 0 Å². The molecule has 0 atom stereocenters. The third-order valence-corrected chi connectivity index (χ3v) is 2.77. The smallest absolute Gasteiger partial charge is 0.146 e. The molecule has 1 N–H and O–H groups in total. The van der Waals surface area contributed by atoms with Crippen LogP contribution >= 0.6 is 23.2 Å². The third-order valence-electron chi connectivity index (χ3n) is 2.30. The van der Waals surface area contributed by atoms with Crippen LogP contribution < -0.4 is 5.32 Å². The lowest BCUT2D eigenvalue weighted by Gasteiger charge is -2.08. The van der Waals surface area contributed by atoms with Crippen molar-refractivity contribution in [3.63, 3.8) is 0 Å². The molecule has 0 bridgehead atoms. The van der Waals surface area contributed by atoms with E-state index in [1.807, 2.05) is 18.2 Å². The first-order valence-electron chi connectivity index (χ1n) is 5.08. The van der Waals surface area contributed by atoms with Crippen molar-refractivity contribution in [2.75, 3.05) is 5.32 Å². The van der Waals surface area contributed by atoms with Gasteiger partial charge in [-0.1, -0.05) is 35.3 Å². The number of nitrogens with one attached hydrogen (secondary N) is 1. The third kappa shape index (κ3) is 3.35. The van der Waals surface area contributed by atoms with Crippen LogP contribution in [0, 0.1) is 5.82 Å². The number of hydrogen-bond acceptors (Lipinski definition) is 1. The summed E-state index contributed by atoms with van der Waals surface area (Å²) in [6.45, 7) is 0.498. The Kier molecular flexibility index (Phi) is 3.87. The minimum absolute atomic E-state index is 0.323. The molecular formula is C13H10Cl2FN. The molecule has 17 heavy (non-hydrogen) atoms. The summed E-state index contributed by atoms with van der Waals surface area (Å²) in [4.78, 5) is 0. The van der Waals surface area contributed by atoms with Gasteiger partial charge in [-0.2, -0.15) is 0 Å². The maximum absolute atomic E-state index is 13.4. The predicted molar refractivity (Wildman–Crippen MR) is 70.2 cm³/mol. The van der Waals surface area contributed by atoms with E-state index in [9.17, 15) is 4.39 Å². The number of rotatable bonds is 3. The largest absolute Gasteiger partial charge is 0.379 e. The van der Waals surface area contributed by atoms with Crippen LogP contribution in [0.4, 0.5) is 10.1 Å². The fourth-order valence-electron chi connectivity index (χ4n) is 1.48. The summed E-state index contributed by atoms with van der Waals surface area (Å²) in [6.07, 6.45) is 0. The van der Waals surface area contributed by atoms with Gasteiger partial charge < -0.3 is 5.32 Å². The van der Waals surface area contributed by atoms with Crippen molar-refractivity contribution in [3.05, 3.63) is 63.9 Å². The zero-order valence-corrected chi connectivity index (χ0v) is 10.4. The lowest BCUT2D eigenvalue weighted by Crippen LogP contribution is -2.01. The molecule has 0 spiro atoms. The highest BCUT2D eigenvalue weighted by Crippen LogP contribution is 2.20. The molecule has 0 aliphatic heterocycles. The minimum atomic E-state index is -0.323. The van der Waals surface area contributed by atoms with Crippen LogP contribution in [0.1, 0.15) is 5.56 Å². The molecule has 0 unspecified atom stereocenters. The number of halogens is 3. The van der Waals surface area contributed by atoms with Gasteiger partial charge in [-0.25, -0.2) is 4.39 Å². The molecule has 0 amide bonds. The fraction of sp³-hybridized carbons (Fsp3) is 0.0769. The number of hydrogen-bond donors (Lipinski definition) is 1. The number of benzene rings is 2. The standard InChI is InChI=1S/C13H10Cl2FN/c14-10-3-1-2-9(6-10)8-17-13-7-11(15)4-5-12(13)16/h1-7,17H,8H2. The first kappa shape index (κ1) is 12.2. The highest BCUT2D eigenvalue weighted by Gasteiger charge is 2.02. The van der Waals surface area contributed by atoms with Gasteiger partial charge in [0, 0.05) is 16.6 Å². The van der Waals surface area contributed by atoms with Gasteiger partial charge in [0.05, 0.1) is 5.69 Å². The van der Waals surface area contributed by atoms with Crippen LogP contribution in [-0.2, 0) is 6.54 Å². The average Bonchev–Trinajstić information content (AvgIpc) is 2.30. The van der Waals surface area contributed by atoms with Crippen molar-refractivity contribution in [2.24, 2.45) is 0 Å². The van der Waals surface area contributed by atoms with Crippen molar-refractivity contribution >= 4 is 28.9 Å².